The SMILES string of the molecule is CCOC(=O)N1CCC(NC(N)=NCC(c2ccc(F)cc2)N(C)C)CC1. The lowest BCUT2D eigenvalue weighted by Crippen LogP contribution is -2.48. The van der Waals surface area contributed by atoms with Crippen molar-refractivity contribution in [2.45, 2.75) is 31.8 Å². The molecule has 27 heavy (non-hydrogen) atoms. The molecular weight excluding hydrogens is 349 g/mol. The third-order valence-corrected chi connectivity index (χ3v) is 4.69. The maximum absolute atomic E-state index is 13.1. The maximum atomic E-state index is 13.1. The van der Waals surface area contributed by atoms with E-state index in [-0.39, 0.29) is 24.0 Å². The van der Waals surface area contributed by atoms with Gasteiger partial charge in [-0.15, -0.1) is 0 Å². The second-order valence-corrected chi connectivity index (χ2v) is 6.86. The molecule has 2 rings (SSSR count). The highest BCUT2D eigenvalue weighted by Gasteiger charge is 2.23. The molecule has 1 aromatic carbocycles. The van der Waals surface area contributed by atoms with Gasteiger partial charge in [0, 0.05) is 19.1 Å². The van der Waals surface area contributed by atoms with Gasteiger partial charge in [0.05, 0.1) is 19.2 Å². The van der Waals surface area contributed by atoms with Crippen molar-refractivity contribution in [3.8, 4) is 0 Å². The Bertz CT molecular complexity index is 627. The number of nitrogens with zero attached hydrogens (tertiary/aromatic N) is 3. The van der Waals surface area contributed by atoms with Crippen LogP contribution in [0, 0.1) is 5.82 Å². The van der Waals surface area contributed by atoms with Crippen molar-refractivity contribution in [3.63, 3.8) is 0 Å². The Morgan fingerprint density at radius 1 is 1.37 bits per heavy atom. The lowest BCUT2D eigenvalue weighted by Gasteiger charge is -2.32. The van der Waals surface area contributed by atoms with Crippen molar-refractivity contribution in [2.24, 2.45) is 10.7 Å². The van der Waals surface area contributed by atoms with Crippen molar-refractivity contribution < 1.29 is 13.9 Å². The zero-order chi connectivity index (χ0) is 19.8. The molecular formula is C19H30FN5O2. The minimum atomic E-state index is -0.259. The summed E-state index contributed by atoms with van der Waals surface area (Å²) < 4.78 is 18.2. The number of piperidine rings is 1. The average molecular weight is 379 g/mol. The number of guanidine groups is 1. The highest BCUT2D eigenvalue weighted by atomic mass is 19.1. The standard InChI is InChI=1S/C19H30FN5O2/c1-4-27-19(26)25-11-9-16(10-12-25)23-18(21)22-13-17(24(2)3)14-5-7-15(20)8-6-14/h5-8,16-17H,4,9-13H2,1-3H3,(H3,21,22,23). The largest absolute Gasteiger partial charge is 0.450 e. The van der Waals surface area contributed by atoms with Crippen LogP contribution in [0.3, 0.4) is 0 Å². The lowest BCUT2D eigenvalue weighted by molar-refractivity contribution is 0.0963. The molecule has 1 amide bonds. The van der Waals surface area contributed by atoms with E-state index >= 15 is 0 Å². The Balaban J connectivity index is 1.86. The van der Waals surface area contributed by atoms with E-state index in [4.69, 9.17) is 10.5 Å². The molecule has 1 aliphatic rings. The third kappa shape index (κ3) is 6.39. The predicted molar refractivity (Wildman–Crippen MR) is 104 cm³/mol. The van der Waals surface area contributed by atoms with Crippen LogP contribution in [-0.2, 0) is 4.74 Å². The van der Waals surface area contributed by atoms with Crippen LogP contribution in [0.1, 0.15) is 31.4 Å². The number of rotatable bonds is 6. The van der Waals surface area contributed by atoms with Crippen LogP contribution in [0.25, 0.3) is 0 Å². The Morgan fingerprint density at radius 2 is 2.00 bits per heavy atom. The molecule has 1 heterocycles. The van der Waals surface area contributed by atoms with Gasteiger partial charge in [0.25, 0.3) is 0 Å². The van der Waals surface area contributed by atoms with Gasteiger partial charge in [0.15, 0.2) is 5.96 Å². The summed E-state index contributed by atoms with van der Waals surface area (Å²) in [5, 5.41) is 3.24. The van der Waals surface area contributed by atoms with Gasteiger partial charge in [-0.25, -0.2) is 9.18 Å². The molecule has 0 saturated carbocycles. The highest BCUT2D eigenvalue weighted by molar-refractivity contribution is 5.78. The average Bonchev–Trinajstić information content (AvgIpc) is 2.64. The number of hydrogen-bond donors (Lipinski definition) is 2. The Morgan fingerprint density at radius 3 is 2.56 bits per heavy atom. The van der Waals surface area contributed by atoms with Gasteiger partial charge in [-0.05, 0) is 51.6 Å². The molecule has 150 valence electrons. The number of ether oxygens (including phenoxy) is 1. The molecule has 0 spiro atoms. The lowest BCUT2D eigenvalue weighted by atomic mass is 10.1. The first kappa shape index (κ1) is 21.0. The second-order valence-electron chi connectivity index (χ2n) is 6.86. The first-order chi connectivity index (χ1) is 12.9. The summed E-state index contributed by atoms with van der Waals surface area (Å²) in [6, 6.07) is 6.64. The van der Waals surface area contributed by atoms with Crippen LogP contribution >= 0.6 is 0 Å². The molecule has 0 aromatic heterocycles. The van der Waals surface area contributed by atoms with E-state index in [2.05, 4.69) is 10.3 Å². The Labute approximate surface area is 160 Å². The van der Waals surface area contributed by atoms with Gasteiger partial charge in [-0.1, -0.05) is 12.1 Å². The van der Waals surface area contributed by atoms with Crippen LogP contribution in [0.4, 0.5) is 9.18 Å². The van der Waals surface area contributed by atoms with E-state index in [1.54, 1.807) is 24.0 Å². The molecule has 0 radical (unpaired) electrons. The minimum Gasteiger partial charge on any atom is -0.450 e. The summed E-state index contributed by atoms with van der Waals surface area (Å²) in [5.74, 6) is 0.133. The number of carbonyl (C=O) groups is 1. The van der Waals surface area contributed by atoms with Gasteiger partial charge in [0.2, 0.25) is 0 Å². The highest BCUT2D eigenvalue weighted by Crippen LogP contribution is 2.19. The van der Waals surface area contributed by atoms with Gasteiger partial charge in [-0.3, -0.25) is 4.99 Å². The fourth-order valence-electron chi connectivity index (χ4n) is 3.11. The molecule has 1 aliphatic heterocycles. The van der Waals surface area contributed by atoms with Crippen LogP contribution in [0.15, 0.2) is 29.3 Å². The number of carbonyl (C=O) groups excluding carboxylic acids is 1. The second kappa shape index (κ2) is 10.1. The normalized spacial score (nSPS) is 17.1. The third-order valence-electron chi connectivity index (χ3n) is 4.69. The maximum Gasteiger partial charge on any atom is 0.409 e. The van der Waals surface area contributed by atoms with Crippen LogP contribution < -0.4 is 11.1 Å². The molecule has 7 nitrogen and oxygen atoms in total. The summed E-state index contributed by atoms with van der Waals surface area (Å²) in [5.41, 5.74) is 7.04. The fourth-order valence-corrected chi connectivity index (χ4v) is 3.11. The summed E-state index contributed by atoms with van der Waals surface area (Å²) in [6.45, 7) is 3.94. The first-order valence-electron chi connectivity index (χ1n) is 9.30. The smallest absolute Gasteiger partial charge is 0.409 e. The van der Waals surface area contributed by atoms with Crippen molar-refractivity contribution in [1.82, 2.24) is 15.1 Å². The van der Waals surface area contributed by atoms with Crippen LogP contribution in [-0.4, -0.2) is 68.2 Å². The number of likely N-dealkylation sites (N-methyl/N-ethyl adjacent to an activating group) is 1. The van der Waals surface area contributed by atoms with E-state index in [1.807, 2.05) is 19.0 Å². The van der Waals surface area contributed by atoms with E-state index in [0.29, 0.717) is 32.2 Å². The monoisotopic (exact) mass is 379 g/mol. The number of likely N-dealkylation sites (tertiary alicyclic amines) is 1. The van der Waals surface area contributed by atoms with Gasteiger partial charge in [-0.2, -0.15) is 0 Å². The number of nitrogens with two attached hydrogens (primary N) is 1. The van der Waals surface area contributed by atoms with Crippen molar-refractivity contribution in [3.05, 3.63) is 35.6 Å². The number of halogens is 1. The Hall–Kier alpha value is -2.35. The topological polar surface area (TPSA) is 83.2 Å². The van der Waals surface area contributed by atoms with E-state index in [0.717, 1.165) is 18.4 Å². The summed E-state index contributed by atoms with van der Waals surface area (Å²) in [7, 11) is 3.91. The molecule has 8 heteroatoms. The van der Waals surface area contributed by atoms with Crippen molar-refractivity contribution >= 4 is 12.1 Å². The van der Waals surface area contributed by atoms with E-state index in [9.17, 15) is 9.18 Å². The molecule has 0 bridgehead atoms. The predicted octanol–water partition coefficient (Wildman–Crippen LogP) is 1.95. The number of nitrogens with one attached hydrogen (secondary N) is 1. The quantitative estimate of drug-likeness (QED) is 0.583. The Kier molecular flexibility index (Phi) is 7.84. The zero-order valence-electron chi connectivity index (χ0n) is 16.3. The number of aliphatic imine (C=N–C) groups is 1. The zero-order valence-corrected chi connectivity index (χ0v) is 16.3. The first-order valence-corrected chi connectivity index (χ1v) is 9.30. The molecule has 1 unspecified atom stereocenters. The number of hydrogen-bond acceptors (Lipinski definition) is 4. The summed E-state index contributed by atoms with van der Waals surface area (Å²) >= 11 is 0. The molecule has 3 N–H and O–H groups in total. The molecule has 1 saturated heterocycles. The van der Waals surface area contributed by atoms with Gasteiger partial charge in [0.1, 0.15) is 5.82 Å². The van der Waals surface area contributed by atoms with Crippen molar-refractivity contribution in [2.75, 3.05) is 40.3 Å². The molecule has 1 atom stereocenters. The van der Waals surface area contributed by atoms with E-state index < -0.39 is 0 Å². The minimum absolute atomic E-state index is 0.0108. The van der Waals surface area contributed by atoms with Crippen molar-refractivity contribution in [1.29, 1.82) is 0 Å². The van der Waals surface area contributed by atoms with Gasteiger partial charge >= 0.3 is 6.09 Å². The van der Waals surface area contributed by atoms with Gasteiger partial charge < -0.3 is 25.6 Å². The summed E-state index contributed by atoms with van der Waals surface area (Å²) in [6.07, 6.45) is 1.33. The fraction of sp³-hybridized carbons (Fsp3) is 0.579. The molecule has 1 fully saturated rings. The van der Waals surface area contributed by atoms with Crippen LogP contribution in [0.5, 0.6) is 0 Å². The van der Waals surface area contributed by atoms with Crippen LogP contribution in [0.2, 0.25) is 0 Å². The van der Waals surface area contributed by atoms with E-state index in [1.165, 1.54) is 12.1 Å². The summed E-state index contributed by atoms with van der Waals surface area (Å²) in [4.78, 5) is 19.9. The molecule has 0 aliphatic carbocycles. The molecule has 1 aromatic rings. The number of amides is 1. The number of benzene rings is 1.